The fraction of sp³-hybridized carbons (Fsp3) is 0.250. The third-order valence-electron chi connectivity index (χ3n) is 2.58. The van der Waals surface area contributed by atoms with Gasteiger partial charge in [-0.3, -0.25) is 0 Å². The van der Waals surface area contributed by atoms with Crippen LogP contribution in [0.25, 0.3) is 5.73 Å². The molecule has 1 aliphatic heterocycles. The van der Waals surface area contributed by atoms with Crippen LogP contribution >= 0.6 is 0 Å². The average Bonchev–Trinajstić information content (AvgIpc) is 2.30. The molecular formula is C12H14N3Ta-. The zero-order valence-corrected chi connectivity index (χ0v) is 12.2. The van der Waals surface area contributed by atoms with Crippen LogP contribution in [0.1, 0.15) is 12.0 Å². The van der Waals surface area contributed by atoms with Gasteiger partial charge >= 0.3 is 0 Å². The summed E-state index contributed by atoms with van der Waals surface area (Å²) in [5.74, 6) is 0. The van der Waals surface area contributed by atoms with Gasteiger partial charge in [-0.25, -0.2) is 0 Å². The van der Waals surface area contributed by atoms with Crippen molar-refractivity contribution in [3.05, 3.63) is 47.2 Å². The van der Waals surface area contributed by atoms with Crippen LogP contribution in [0.3, 0.4) is 0 Å². The molecule has 1 aromatic carbocycles. The van der Waals surface area contributed by atoms with Crippen molar-refractivity contribution < 1.29 is 22.4 Å². The summed E-state index contributed by atoms with van der Waals surface area (Å²) in [5, 5.41) is 11.3. The van der Waals surface area contributed by atoms with E-state index in [1.165, 1.54) is 0 Å². The predicted molar refractivity (Wildman–Crippen MR) is 62.8 cm³/mol. The molecule has 0 spiro atoms. The molecule has 1 aliphatic rings. The molecule has 0 saturated carbocycles. The van der Waals surface area contributed by atoms with Crippen LogP contribution in [-0.2, 0) is 22.4 Å². The summed E-state index contributed by atoms with van der Waals surface area (Å²) in [6.45, 7) is 1.76. The fourth-order valence-electron chi connectivity index (χ4n) is 1.72. The van der Waals surface area contributed by atoms with Crippen LogP contribution < -0.4 is 5.32 Å². The summed E-state index contributed by atoms with van der Waals surface area (Å²) >= 11 is 0. The van der Waals surface area contributed by atoms with Crippen LogP contribution in [0.2, 0.25) is 0 Å². The van der Waals surface area contributed by atoms with E-state index in [0.717, 1.165) is 30.6 Å². The van der Waals surface area contributed by atoms with Gasteiger partial charge in [-0.1, -0.05) is 30.3 Å². The molecule has 0 fully saturated rings. The van der Waals surface area contributed by atoms with Crippen LogP contribution in [-0.4, -0.2) is 18.8 Å². The zero-order valence-electron chi connectivity index (χ0n) is 8.96. The molecule has 83 valence electrons. The van der Waals surface area contributed by atoms with E-state index >= 15 is 0 Å². The second-order valence-electron chi connectivity index (χ2n) is 3.60. The summed E-state index contributed by atoms with van der Waals surface area (Å²) in [6, 6.07) is 7.28. The molecular weight excluding hydrogens is 367 g/mol. The van der Waals surface area contributed by atoms with E-state index in [1.807, 2.05) is 24.3 Å². The van der Waals surface area contributed by atoms with Crippen molar-refractivity contribution in [3.63, 3.8) is 0 Å². The van der Waals surface area contributed by atoms with Gasteiger partial charge in [0.2, 0.25) is 0 Å². The van der Waals surface area contributed by atoms with Crippen molar-refractivity contribution >= 4 is 11.4 Å². The number of nitrogens with one attached hydrogen (secondary N) is 3. The number of benzene rings is 1. The first-order chi connectivity index (χ1) is 7.29. The Bertz CT molecular complexity index is 412. The molecule has 0 unspecified atom stereocenters. The molecule has 0 bridgehead atoms. The first kappa shape index (κ1) is 13.2. The van der Waals surface area contributed by atoms with E-state index in [-0.39, 0.29) is 22.4 Å². The van der Waals surface area contributed by atoms with Gasteiger partial charge in [0.05, 0.1) is 5.71 Å². The Balaban J connectivity index is 0.00000128. The largest absolute Gasteiger partial charge is 0.698 e. The van der Waals surface area contributed by atoms with Gasteiger partial charge in [-0.2, -0.15) is 0 Å². The van der Waals surface area contributed by atoms with Crippen LogP contribution in [0.4, 0.5) is 5.69 Å². The smallest absolute Gasteiger partial charge is 0.0629 e. The number of hydrogen-bond donors (Lipinski definition) is 2. The van der Waals surface area contributed by atoms with Crippen molar-refractivity contribution in [1.29, 1.82) is 5.41 Å². The molecule has 3 N–H and O–H groups in total. The Kier molecular flexibility index (Phi) is 4.96. The standard InChI is InChI=1S/C12H14N3.Ta/c13-11-4-2-1-3-10(11)12(14)9-5-7-15-8-6-9;/h1-5,13-15H,6-8H2;/q-1;. The van der Waals surface area contributed by atoms with Crippen LogP contribution in [0, 0.1) is 5.41 Å². The van der Waals surface area contributed by atoms with Crippen molar-refractivity contribution in [2.45, 2.75) is 6.42 Å². The van der Waals surface area contributed by atoms with E-state index in [1.54, 1.807) is 6.07 Å². The second kappa shape index (κ2) is 6.01. The van der Waals surface area contributed by atoms with Crippen molar-refractivity contribution in [1.82, 2.24) is 5.32 Å². The van der Waals surface area contributed by atoms with E-state index in [2.05, 4.69) is 5.32 Å². The van der Waals surface area contributed by atoms with Crippen molar-refractivity contribution in [2.24, 2.45) is 0 Å². The Morgan fingerprint density at radius 1 is 1.31 bits per heavy atom. The van der Waals surface area contributed by atoms with E-state index < -0.39 is 0 Å². The quantitative estimate of drug-likeness (QED) is 0.761. The Morgan fingerprint density at radius 3 is 2.69 bits per heavy atom. The maximum absolute atomic E-state index is 8.05. The Morgan fingerprint density at radius 2 is 2.06 bits per heavy atom. The van der Waals surface area contributed by atoms with Crippen molar-refractivity contribution in [3.8, 4) is 0 Å². The molecule has 0 atom stereocenters. The molecule has 1 radical (unpaired) electrons. The minimum absolute atomic E-state index is 0. The molecule has 4 heteroatoms. The summed E-state index contributed by atoms with van der Waals surface area (Å²) in [5.41, 5.74) is 10.4. The molecule has 0 saturated heterocycles. The zero-order chi connectivity index (χ0) is 10.7. The fourth-order valence-corrected chi connectivity index (χ4v) is 1.72. The van der Waals surface area contributed by atoms with E-state index in [4.69, 9.17) is 11.1 Å². The van der Waals surface area contributed by atoms with E-state index in [0.29, 0.717) is 11.4 Å². The molecule has 0 aromatic heterocycles. The Hall–Kier alpha value is -0.870. The summed E-state index contributed by atoms with van der Waals surface area (Å²) in [7, 11) is 0. The summed E-state index contributed by atoms with van der Waals surface area (Å²) in [4.78, 5) is 0. The maximum atomic E-state index is 8.05. The van der Waals surface area contributed by atoms with Gasteiger partial charge in [-0.15, -0.1) is 5.69 Å². The Labute approximate surface area is 111 Å². The molecule has 3 nitrogen and oxygen atoms in total. The molecule has 0 aliphatic carbocycles. The van der Waals surface area contributed by atoms with Crippen LogP contribution in [0.5, 0.6) is 0 Å². The van der Waals surface area contributed by atoms with Gasteiger partial charge in [0.15, 0.2) is 0 Å². The maximum Gasteiger partial charge on any atom is 0.0629 e. The summed E-state index contributed by atoms with van der Waals surface area (Å²) < 4.78 is 0. The molecule has 1 heterocycles. The van der Waals surface area contributed by atoms with Gasteiger partial charge in [0.1, 0.15) is 0 Å². The van der Waals surface area contributed by atoms with E-state index in [9.17, 15) is 0 Å². The predicted octanol–water partition coefficient (Wildman–Crippen LogP) is 2.66. The van der Waals surface area contributed by atoms with Gasteiger partial charge in [0.25, 0.3) is 0 Å². The first-order valence-corrected chi connectivity index (χ1v) is 5.08. The molecule has 16 heavy (non-hydrogen) atoms. The van der Waals surface area contributed by atoms with Crippen LogP contribution in [0.15, 0.2) is 35.9 Å². The van der Waals surface area contributed by atoms with Crippen molar-refractivity contribution in [2.75, 3.05) is 13.1 Å². The number of rotatable bonds is 2. The normalized spacial score (nSPS) is 14.9. The summed E-state index contributed by atoms with van der Waals surface area (Å²) in [6.07, 6.45) is 2.92. The van der Waals surface area contributed by atoms with Gasteiger partial charge < -0.3 is 16.5 Å². The average molecular weight is 381 g/mol. The minimum atomic E-state index is 0. The van der Waals surface area contributed by atoms with Gasteiger partial charge in [0, 0.05) is 28.9 Å². The molecule has 1 aromatic rings. The topological polar surface area (TPSA) is 59.7 Å². The minimum Gasteiger partial charge on any atom is -0.698 e. The van der Waals surface area contributed by atoms with Gasteiger partial charge in [-0.05, 0) is 24.1 Å². The second-order valence-corrected chi connectivity index (χ2v) is 3.60. The molecule has 2 rings (SSSR count). The third-order valence-corrected chi connectivity index (χ3v) is 2.58. The monoisotopic (exact) mass is 381 g/mol. The third kappa shape index (κ3) is 2.83. The molecule has 0 amide bonds. The first-order valence-electron chi connectivity index (χ1n) is 5.08. The SMILES string of the molecule is N=C(C1=CCNCC1)c1ccccc1[NH-].[Ta]. The number of hydrogen-bond acceptors (Lipinski definition) is 2.